The molecule has 0 spiro atoms. The average molecular weight is 147 g/mol. The number of aliphatic hydroxyl groups excluding tert-OH is 1. The van der Waals surface area contributed by atoms with Gasteiger partial charge in [-0.3, -0.25) is 0 Å². The molecule has 1 atom stereocenters. The molecule has 0 aliphatic carbocycles. The summed E-state index contributed by atoms with van der Waals surface area (Å²) in [5, 5.41) is 18.7. The Balaban J connectivity index is 3.29. The Morgan fingerprint density at radius 1 is 1.70 bits per heavy atom. The maximum absolute atomic E-state index is 9.80. The van der Waals surface area contributed by atoms with Gasteiger partial charge in [0, 0.05) is 13.0 Å². The van der Waals surface area contributed by atoms with E-state index in [1.165, 1.54) is 0 Å². The van der Waals surface area contributed by atoms with Crippen LogP contribution < -0.4 is 5.32 Å². The minimum absolute atomic E-state index is 0.0414. The summed E-state index contributed by atoms with van der Waals surface area (Å²) in [5.41, 5.74) is 0. The number of aliphatic hydroxyl groups is 1. The second-order valence-corrected chi connectivity index (χ2v) is 1.74. The molecule has 3 N–H and O–H groups in total. The molecule has 58 valence electrons. The number of aldehydes is 1. The predicted octanol–water partition coefficient (Wildman–Crippen LogP) is -0.796. The zero-order valence-corrected chi connectivity index (χ0v) is 5.28. The number of hydrogen-bond acceptors (Lipinski definition) is 3. The van der Waals surface area contributed by atoms with Crippen LogP contribution in [0.4, 0.5) is 4.79 Å². The normalized spacial score (nSPS) is 12.1. The van der Waals surface area contributed by atoms with Gasteiger partial charge in [0.25, 0.3) is 0 Å². The van der Waals surface area contributed by atoms with Crippen LogP contribution in [0.2, 0.25) is 0 Å². The van der Waals surface area contributed by atoms with Crippen LogP contribution in [0.15, 0.2) is 0 Å². The molecule has 0 saturated heterocycles. The Bertz CT molecular complexity index is 125. The lowest BCUT2D eigenvalue weighted by atomic mass is 10.3. The first kappa shape index (κ1) is 8.90. The fraction of sp³-hybridized carbons (Fsp3) is 0.600. The van der Waals surface area contributed by atoms with E-state index in [1.807, 2.05) is 5.32 Å². The molecule has 1 amide bonds. The Kier molecular flexibility index (Phi) is 4.23. The molecular formula is C5H9NO4. The van der Waals surface area contributed by atoms with Crippen LogP contribution in [-0.4, -0.2) is 35.2 Å². The lowest BCUT2D eigenvalue weighted by Gasteiger charge is -2.04. The smallest absolute Gasteiger partial charge is 0.404 e. The topological polar surface area (TPSA) is 86.6 Å². The number of rotatable bonds is 4. The van der Waals surface area contributed by atoms with Gasteiger partial charge in [-0.2, -0.15) is 0 Å². The lowest BCUT2D eigenvalue weighted by molar-refractivity contribution is -0.109. The third-order valence-electron chi connectivity index (χ3n) is 0.857. The maximum Gasteiger partial charge on any atom is 0.404 e. The largest absolute Gasteiger partial charge is 0.465 e. The zero-order valence-electron chi connectivity index (χ0n) is 5.28. The number of carbonyl (C=O) groups excluding carboxylic acids is 1. The summed E-state index contributed by atoms with van der Waals surface area (Å²) < 4.78 is 0. The SMILES string of the molecule is O=CC[C@@H](O)CNC(=O)O. The van der Waals surface area contributed by atoms with Crippen LogP contribution in [0.25, 0.3) is 0 Å². The number of hydrogen-bond donors (Lipinski definition) is 3. The third-order valence-corrected chi connectivity index (χ3v) is 0.857. The van der Waals surface area contributed by atoms with E-state index in [0.29, 0.717) is 6.29 Å². The zero-order chi connectivity index (χ0) is 7.98. The highest BCUT2D eigenvalue weighted by Crippen LogP contribution is 1.83. The molecule has 0 aliphatic rings. The van der Waals surface area contributed by atoms with Crippen molar-refractivity contribution in [1.82, 2.24) is 5.32 Å². The van der Waals surface area contributed by atoms with Crippen molar-refractivity contribution >= 4 is 12.4 Å². The van der Waals surface area contributed by atoms with Crippen LogP contribution in [0, 0.1) is 0 Å². The van der Waals surface area contributed by atoms with Crippen molar-refractivity contribution in [3.8, 4) is 0 Å². The van der Waals surface area contributed by atoms with Crippen LogP contribution in [0.3, 0.4) is 0 Å². The van der Waals surface area contributed by atoms with E-state index < -0.39 is 12.2 Å². The summed E-state index contributed by atoms with van der Waals surface area (Å²) in [4.78, 5) is 19.5. The van der Waals surface area contributed by atoms with Gasteiger partial charge in [-0.25, -0.2) is 4.79 Å². The quantitative estimate of drug-likeness (QED) is 0.454. The van der Waals surface area contributed by atoms with Gasteiger partial charge in [0.15, 0.2) is 0 Å². The van der Waals surface area contributed by atoms with E-state index in [2.05, 4.69) is 0 Å². The summed E-state index contributed by atoms with van der Waals surface area (Å²) in [6, 6.07) is 0. The average Bonchev–Trinajstić information content (AvgIpc) is 1.85. The van der Waals surface area contributed by atoms with E-state index in [9.17, 15) is 9.59 Å². The molecule has 10 heavy (non-hydrogen) atoms. The van der Waals surface area contributed by atoms with Gasteiger partial charge in [0.1, 0.15) is 6.29 Å². The molecule has 0 rings (SSSR count). The van der Waals surface area contributed by atoms with Crippen molar-refractivity contribution < 1.29 is 19.8 Å². The fourth-order valence-corrected chi connectivity index (χ4v) is 0.400. The monoisotopic (exact) mass is 147 g/mol. The molecule has 0 unspecified atom stereocenters. The third kappa shape index (κ3) is 5.04. The van der Waals surface area contributed by atoms with Gasteiger partial charge >= 0.3 is 6.09 Å². The highest BCUT2D eigenvalue weighted by molar-refractivity contribution is 5.64. The van der Waals surface area contributed by atoms with E-state index >= 15 is 0 Å². The van der Waals surface area contributed by atoms with Gasteiger partial charge < -0.3 is 20.3 Å². The highest BCUT2D eigenvalue weighted by Gasteiger charge is 2.03. The number of carboxylic acid groups (broad SMARTS) is 1. The van der Waals surface area contributed by atoms with Crippen molar-refractivity contribution in [1.29, 1.82) is 0 Å². The molecule has 0 fully saturated rings. The molecule has 0 heterocycles. The lowest BCUT2D eigenvalue weighted by Crippen LogP contribution is -2.30. The van der Waals surface area contributed by atoms with E-state index in [4.69, 9.17) is 10.2 Å². The Morgan fingerprint density at radius 2 is 2.30 bits per heavy atom. The van der Waals surface area contributed by atoms with E-state index in [0.717, 1.165) is 0 Å². The van der Waals surface area contributed by atoms with E-state index in [1.54, 1.807) is 0 Å². The summed E-state index contributed by atoms with van der Waals surface area (Å²) in [5.74, 6) is 0. The van der Waals surface area contributed by atoms with Gasteiger partial charge in [-0.15, -0.1) is 0 Å². The summed E-state index contributed by atoms with van der Waals surface area (Å²) in [6.07, 6.45) is -1.62. The molecular weight excluding hydrogens is 138 g/mol. The first-order chi connectivity index (χ1) is 4.66. The van der Waals surface area contributed by atoms with E-state index in [-0.39, 0.29) is 13.0 Å². The molecule has 0 aliphatic heterocycles. The first-order valence-corrected chi connectivity index (χ1v) is 2.75. The second kappa shape index (κ2) is 4.75. The summed E-state index contributed by atoms with van der Waals surface area (Å²) in [6.45, 7) is -0.103. The minimum Gasteiger partial charge on any atom is -0.465 e. The molecule has 0 saturated carbocycles. The predicted molar refractivity (Wildman–Crippen MR) is 32.7 cm³/mol. The molecule has 0 aromatic heterocycles. The van der Waals surface area contributed by atoms with Crippen LogP contribution in [0.1, 0.15) is 6.42 Å². The number of amides is 1. The van der Waals surface area contributed by atoms with Gasteiger partial charge in [0.05, 0.1) is 6.10 Å². The van der Waals surface area contributed by atoms with Crippen LogP contribution >= 0.6 is 0 Å². The van der Waals surface area contributed by atoms with Crippen molar-refractivity contribution in [3.05, 3.63) is 0 Å². The van der Waals surface area contributed by atoms with Crippen molar-refractivity contribution in [2.24, 2.45) is 0 Å². The minimum atomic E-state index is -1.20. The number of carbonyl (C=O) groups is 2. The van der Waals surface area contributed by atoms with Gasteiger partial charge in [-0.05, 0) is 0 Å². The standard InChI is InChI=1S/C5H9NO4/c7-2-1-4(8)3-6-5(9)10/h2,4,6,8H,1,3H2,(H,9,10)/t4-/m1/s1. The summed E-state index contributed by atoms with van der Waals surface area (Å²) in [7, 11) is 0. The van der Waals surface area contributed by atoms with Gasteiger partial charge in [0.2, 0.25) is 0 Å². The molecule has 0 aromatic carbocycles. The van der Waals surface area contributed by atoms with Gasteiger partial charge in [-0.1, -0.05) is 0 Å². The second-order valence-electron chi connectivity index (χ2n) is 1.74. The molecule has 5 nitrogen and oxygen atoms in total. The van der Waals surface area contributed by atoms with Crippen LogP contribution in [-0.2, 0) is 4.79 Å². The Labute approximate surface area is 57.7 Å². The van der Waals surface area contributed by atoms with Crippen molar-refractivity contribution in [2.45, 2.75) is 12.5 Å². The maximum atomic E-state index is 9.80. The van der Waals surface area contributed by atoms with Crippen molar-refractivity contribution in [3.63, 3.8) is 0 Å². The summed E-state index contributed by atoms with van der Waals surface area (Å²) >= 11 is 0. The number of nitrogens with one attached hydrogen (secondary N) is 1. The molecule has 0 aromatic rings. The first-order valence-electron chi connectivity index (χ1n) is 2.75. The Morgan fingerprint density at radius 3 is 2.70 bits per heavy atom. The van der Waals surface area contributed by atoms with Crippen molar-refractivity contribution in [2.75, 3.05) is 6.54 Å². The fourth-order valence-electron chi connectivity index (χ4n) is 0.400. The molecule has 0 radical (unpaired) electrons. The molecule has 5 heteroatoms. The molecule has 0 bridgehead atoms. The highest BCUT2D eigenvalue weighted by atomic mass is 16.4. The Hall–Kier alpha value is -1.10. The van der Waals surface area contributed by atoms with Crippen LogP contribution in [0.5, 0.6) is 0 Å².